The molecule has 0 aliphatic heterocycles. The fourth-order valence-corrected chi connectivity index (χ4v) is 1.58. The van der Waals surface area contributed by atoms with Crippen LogP contribution < -0.4 is 10.1 Å². The Morgan fingerprint density at radius 2 is 2.10 bits per heavy atom. The molecule has 20 heavy (non-hydrogen) atoms. The zero-order chi connectivity index (χ0) is 15.3. The molecule has 0 aliphatic carbocycles. The van der Waals surface area contributed by atoms with E-state index in [1.807, 2.05) is 0 Å². The van der Waals surface area contributed by atoms with Crippen LogP contribution in [0.25, 0.3) is 0 Å². The molecule has 1 amide bonds. The highest BCUT2D eigenvalue weighted by atomic mass is 19.1. The number of carbonyl (C=O) groups excluding carboxylic acids is 1. The zero-order valence-electron chi connectivity index (χ0n) is 12.1. The summed E-state index contributed by atoms with van der Waals surface area (Å²) in [5.41, 5.74) is 0.0452. The predicted molar refractivity (Wildman–Crippen MR) is 73.8 cm³/mol. The summed E-state index contributed by atoms with van der Waals surface area (Å²) in [7, 11) is 1.42. The van der Waals surface area contributed by atoms with E-state index >= 15 is 0 Å². The number of rotatable bonds is 4. The molecule has 1 atom stereocenters. The average molecular weight is 285 g/mol. The molecule has 0 heterocycles. The fourth-order valence-electron chi connectivity index (χ4n) is 1.58. The van der Waals surface area contributed by atoms with Gasteiger partial charge in [0.2, 0.25) is 0 Å². The Morgan fingerprint density at radius 3 is 2.60 bits per heavy atom. The minimum Gasteiger partial charge on any atom is -0.496 e. The predicted octanol–water partition coefficient (Wildman–Crippen LogP) is 3.05. The maximum Gasteiger partial charge on any atom is 0.412 e. The summed E-state index contributed by atoms with van der Waals surface area (Å²) in [6.07, 6.45) is -1.92. The quantitative estimate of drug-likeness (QED) is 0.892. The van der Waals surface area contributed by atoms with Crippen LogP contribution in [0.1, 0.15) is 32.4 Å². The molecule has 0 aliphatic rings. The number of hydrogen-bond acceptors (Lipinski definition) is 4. The van der Waals surface area contributed by atoms with Crippen molar-refractivity contribution in [3.05, 3.63) is 23.8 Å². The molecule has 1 aromatic carbocycles. The molecule has 2 N–H and O–H groups in total. The molecule has 6 heteroatoms. The molecule has 0 fully saturated rings. The summed E-state index contributed by atoms with van der Waals surface area (Å²) >= 11 is 0. The van der Waals surface area contributed by atoms with Gasteiger partial charge in [0.1, 0.15) is 24.1 Å². The third-order valence-electron chi connectivity index (χ3n) is 2.38. The van der Waals surface area contributed by atoms with Gasteiger partial charge in [-0.1, -0.05) is 0 Å². The molecule has 1 aromatic rings. The second-order valence-corrected chi connectivity index (χ2v) is 5.25. The van der Waals surface area contributed by atoms with Crippen LogP contribution >= 0.6 is 0 Å². The van der Waals surface area contributed by atoms with Crippen LogP contribution in [0.5, 0.6) is 5.75 Å². The summed E-state index contributed by atoms with van der Waals surface area (Å²) in [4.78, 5) is 11.6. The fraction of sp³-hybridized carbons (Fsp3) is 0.500. The van der Waals surface area contributed by atoms with Crippen molar-refractivity contribution in [3.63, 3.8) is 0 Å². The Kier molecular flexibility index (Phi) is 5.33. The van der Waals surface area contributed by atoms with Gasteiger partial charge in [0, 0.05) is 11.3 Å². The number of alkyl halides is 1. The van der Waals surface area contributed by atoms with Crippen LogP contribution in [0.2, 0.25) is 0 Å². The Morgan fingerprint density at radius 1 is 1.45 bits per heavy atom. The SMILES string of the molecule is COc1ccc(NC(=O)OC(C)(C)C)cc1C(O)CF. The number of aliphatic hydroxyl groups is 1. The average Bonchev–Trinajstić information content (AvgIpc) is 2.35. The lowest BCUT2D eigenvalue weighted by Gasteiger charge is -2.20. The van der Waals surface area contributed by atoms with E-state index in [1.54, 1.807) is 32.9 Å². The first-order valence-corrected chi connectivity index (χ1v) is 6.19. The number of hydrogen-bond donors (Lipinski definition) is 2. The number of carbonyl (C=O) groups is 1. The monoisotopic (exact) mass is 285 g/mol. The van der Waals surface area contributed by atoms with Crippen LogP contribution in [-0.4, -0.2) is 30.6 Å². The summed E-state index contributed by atoms with van der Waals surface area (Å²) in [5, 5.41) is 12.1. The van der Waals surface area contributed by atoms with Gasteiger partial charge in [0.25, 0.3) is 0 Å². The van der Waals surface area contributed by atoms with E-state index in [0.29, 0.717) is 11.4 Å². The van der Waals surface area contributed by atoms with Gasteiger partial charge in [0.05, 0.1) is 7.11 Å². The van der Waals surface area contributed by atoms with E-state index in [4.69, 9.17) is 9.47 Å². The summed E-state index contributed by atoms with van der Waals surface area (Å²) in [5.74, 6) is 0.352. The Bertz CT molecular complexity index is 471. The smallest absolute Gasteiger partial charge is 0.412 e. The van der Waals surface area contributed by atoms with Gasteiger partial charge < -0.3 is 14.6 Å². The molecule has 5 nitrogen and oxygen atoms in total. The second-order valence-electron chi connectivity index (χ2n) is 5.25. The van der Waals surface area contributed by atoms with Crippen molar-refractivity contribution in [2.45, 2.75) is 32.5 Å². The summed E-state index contributed by atoms with van der Waals surface area (Å²) in [6.45, 7) is 4.31. The number of halogens is 1. The first-order chi connectivity index (χ1) is 9.26. The normalized spacial score (nSPS) is 12.7. The lowest BCUT2D eigenvalue weighted by atomic mass is 10.1. The topological polar surface area (TPSA) is 67.8 Å². The summed E-state index contributed by atoms with van der Waals surface area (Å²) in [6, 6.07) is 4.57. The second kappa shape index (κ2) is 6.56. The van der Waals surface area contributed by atoms with E-state index in [1.165, 1.54) is 13.2 Å². The van der Waals surface area contributed by atoms with Gasteiger partial charge >= 0.3 is 6.09 Å². The number of aliphatic hydroxyl groups excluding tert-OH is 1. The van der Waals surface area contributed by atoms with Crippen LogP contribution in [0.15, 0.2) is 18.2 Å². The number of nitrogens with one attached hydrogen (secondary N) is 1. The van der Waals surface area contributed by atoms with E-state index < -0.39 is 24.5 Å². The van der Waals surface area contributed by atoms with Crippen molar-refractivity contribution in [3.8, 4) is 5.75 Å². The van der Waals surface area contributed by atoms with Crippen LogP contribution in [0, 0.1) is 0 Å². The molecule has 0 aromatic heterocycles. The van der Waals surface area contributed by atoms with Crippen LogP contribution in [-0.2, 0) is 4.74 Å². The molecular weight excluding hydrogens is 265 g/mol. The minimum atomic E-state index is -1.30. The van der Waals surface area contributed by atoms with Gasteiger partial charge in [0.15, 0.2) is 0 Å². The van der Waals surface area contributed by atoms with Gasteiger partial charge in [-0.2, -0.15) is 0 Å². The van der Waals surface area contributed by atoms with Gasteiger partial charge in [-0.25, -0.2) is 9.18 Å². The number of methoxy groups -OCH3 is 1. The Labute approximate surface area is 117 Å². The molecule has 0 saturated heterocycles. The lowest BCUT2D eigenvalue weighted by Crippen LogP contribution is -2.27. The highest BCUT2D eigenvalue weighted by Crippen LogP contribution is 2.28. The third kappa shape index (κ3) is 4.70. The molecule has 1 rings (SSSR count). The van der Waals surface area contributed by atoms with Gasteiger partial charge in [-0.15, -0.1) is 0 Å². The molecule has 0 saturated carbocycles. The molecule has 112 valence electrons. The Balaban J connectivity index is 2.89. The molecule has 0 radical (unpaired) electrons. The highest BCUT2D eigenvalue weighted by molar-refractivity contribution is 5.85. The molecule has 0 spiro atoms. The zero-order valence-corrected chi connectivity index (χ0v) is 12.1. The van der Waals surface area contributed by atoms with Gasteiger partial charge in [-0.05, 0) is 39.0 Å². The highest BCUT2D eigenvalue weighted by Gasteiger charge is 2.18. The van der Waals surface area contributed by atoms with Crippen molar-refractivity contribution < 1.29 is 23.8 Å². The molecular formula is C14H20FNO4. The first kappa shape index (κ1) is 16.2. The van der Waals surface area contributed by atoms with E-state index in [2.05, 4.69) is 5.32 Å². The summed E-state index contributed by atoms with van der Waals surface area (Å²) < 4.78 is 22.7. The largest absolute Gasteiger partial charge is 0.496 e. The number of ether oxygens (including phenoxy) is 2. The van der Waals surface area contributed by atoms with Gasteiger partial charge in [-0.3, -0.25) is 5.32 Å². The van der Waals surface area contributed by atoms with E-state index in [-0.39, 0.29) is 5.56 Å². The molecule has 0 bridgehead atoms. The number of anilines is 1. The van der Waals surface area contributed by atoms with Crippen molar-refractivity contribution in [2.24, 2.45) is 0 Å². The third-order valence-corrected chi connectivity index (χ3v) is 2.38. The molecule has 1 unspecified atom stereocenters. The number of benzene rings is 1. The maximum atomic E-state index is 12.6. The van der Waals surface area contributed by atoms with Crippen molar-refractivity contribution in [1.82, 2.24) is 0 Å². The van der Waals surface area contributed by atoms with E-state index in [0.717, 1.165) is 0 Å². The van der Waals surface area contributed by atoms with E-state index in [9.17, 15) is 14.3 Å². The van der Waals surface area contributed by atoms with Crippen molar-refractivity contribution in [2.75, 3.05) is 19.1 Å². The lowest BCUT2D eigenvalue weighted by molar-refractivity contribution is 0.0635. The first-order valence-electron chi connectivity index (χ1n) is 6.19. The number of amides is 1. The minimum absolute atomic E-state index is 0.267. The Hall–Kier alpha value is -1.82. The standard InChI is InChI=1S/C14H20FNO4/c1-14(2,3)20-13(18)16-9-5-6-12(19-4)10(7-9)11(17)8-15/h5-7,11,17H,8H2,1-4H3,(H,16,18). The van der Waals surface area contributed by atoms with Crippen LogP contribution in [0.4, 0.5) is 14.9 Å². The maximum absolute atomic E-state index is 12.6. The van der Waals surface area contributed by atoms with Crippen LogP contribution in [0.3, 0.4) is 0 Å². The van der Waals surface area contributed by atoms with Crippen molar-refractivity contribution in [1.29, 1.82) is 0 Å². The van der Waals surface area contributed by atoms with Crippen molar-refractivity contribution >= 4 is 11.8 Å².